The third-order valence-corrected chi connectivity index (χ3v) is 3.36. The third-order valence-electron chi connectivity index (χ3n) is 2.59. The van der Waals surface area contributed by atoms with E-state index in [4.69, 9.17) is 16.2 Å². The summed E-state index contributed by atoms with van der Waals surface area (Å²) in [7, 11) is 0. The van der Waals surface area contributed by atoms with E-state index in [2.05, 4.69) is 0 Å². The van der Waals surface area contributed by atoms with Crippen molar-refractivity contribution in [2.45, 2.75) is 4.90 Å². The van der Waals surface area contributed by atoms with Crippen LogP contribution in [-0.2, 0) is 0 Å². The number of primary amides is 1. The standard InChI is InChI=1S/C14H14N2O2S/c1-19-13-5-3-2-4-11(13)18-12-8-9(14(16)17)6-7-10(12)15/h2-8H,15H2,1H3,(H2,16,17). The van der Waals surface area contributed by atoms with Crippen LogP contribution in [0.5, 0.6) is 11.5 Å². The highest BCUT2D eigenvalue weighted by Crippen LogP contribution is 2.34. The molecule has 1 amide bonds. The van der Waals surface area contributed by atoms with Gasteiger partial charge in [0.1, 0.15) is 5.75 Å². The van der Waals surface area contributed by atoms with Crippen LogP contribution >= 0.6 is 11.8 Å². The van der Waals surface area contributed by atoms with Gasteiger partial charge in [-0.3, -0.25) is 4.79 Å². The van der Waals surface area contributed by atoms with Gasteiger partial charge in [0.05, 0.1) is 5.69 Å². The Morgan fingerprint density at radius 1 is 1.16 bits per heavy atom. The first-order valence-corrected chi connectivity index (χ1v) is 6.84. The first-order chi connectivity index (χ1) is 9.11. The van der Waals surface area contributed by atoms with E-state index in [0.29, 0.717) is 22.7 Å². The number of hydrogen-bond acceptors (Lipinski definition) is 4. The largest absolute Gasteiger partial charge is 0.454 e. The van der Waals surface area contributed by atoms with Crippen LogP contribution in [-0.4, -0.2) is 12.2 Å². The Hall–Kier alpha value is -2.14. The molecule has 0 aliphatic carbocycles. The van der Waals surface area contributed by atoms with E-state index in [1.807, 2.05) is 30.5 Å². The topological polar surface area (TPSA) is 78.3 Å². The summed E-state index contributed by atoms with van der Waals surface area (Å²) < 4.78 is 5.77. The van der Waals surface area contributed by atoms with Gasteiger partial charge in [0.2, 0.25) is 5.91 Å². The van der Waals surface area contributed by atoms with Gasteiger partial charge in [-0.1, -0.05) is 12.1 Å². The number of hydrogen-bond donors (Lipinski definition) is 2. The van der Waals surface area contributed by atoms with E-state index >= 15 is 0 Å². The maximum Gasteiger partial charge on any atom is 0.248 e. The number of benzene rings is 2. The number of thioether (sulfide) groups is 1. The van der Waals surface area contributed by atoms with Gasteiger partial charge < -0.3 is 16.2 Å². The van der Waals surface area contributed by atoms with Crippen LogP contribution in [0.25, 0.3) is 0 Å². The lowest BCUT2D eigenvalue weighted by Crippen LogP contribution is -2.11. The zero-order valence-electron chi connectivity index (χ0n) is 10.4. The number of nitrogens with two attached hydrogens (primary N) is 2. The maximum absolute atomic E-state index is 11.2. The highest BCUT2D eigenvalue weighted by Gasteiger charge is 2.09. The van der Waals surface area contributed by atoms with Crippen LogP contribution in [0.1, 0.15) is 10.4 Å². The normalized spacial score (nSPS) is 10.2. The van der Waals surface area contributed by atoms with Crippen molar-refractivity contribution in [3.05, 3.63) is 48.0 Å². The second-order valence-electron chi connectivity index (χ2n) is 3.87. The molecule has 0 saturated carbocycles. The molecule has 0 aliphatic heterocycles. The molecular formula is C14H14N2O2S. The van der Waals surface area contributed by atoms with Crippen molar-refractivity contribution < 1.29 is 9.53 Å². The summed E-state index contributed by atoms with van der Waals surface area (Å²) in [6.07, 6.45) is 1.96. The SMILES string of the molecule is CSc1ccccc1Oc1cc(C(N)=O)ccc1N. The third kappa shape index (κ3) is 3.00. The van der Waals surface area contributed by atoms with Crippen LogP contribution in [0, 0.1) is 0 Å². The quantitative estimate of drug-likeness (QED) is 0.663. The summed E-state index contributed by atoms with van der Waals surface area (Å²) in [4.78, 5) is 12.2. The molecule has 98 valence electrons. The van der Waals surface area contributed by atoms with E-state index < -0.39 is 5.91 Å². The molecule has 0 spiro atoms. The number of para-hydroxylation sites is 1. The number of rotatable bonds is 4. The molecule has 0 bridgehead atoms. The Bertz CT molecular complexity index is 614. The Morgan fingerprint density at radius 3 is 2.58 bits per heavy atom. The smallest absolute Gasteiger partial charge is 0.248 e. The van der Waals surface area contributed by atoms with Gasteiger partial charge in [-0.15, -0.1) is 11.8 Å². The molecule has 0 fully saturated rings. The van der Waals surface area contributed by atoms with Gasteiger partial charge in [0, 0.05) is 10.5 Å². The number of anilines is 1. The zero-order valence-corrected chi connectivity index (χ0v) is 11.2. The molecule has 0 radical (unpaired) electrons. The van der Waals surface area contributed by atoms with Gasteiger partial charge in [0.15, 0.2) is 5.75 Å². The number of carbonyl (C=O) groups excluding carboxylic acids is 1. The molecular weight excluding hydrogens is 260 g/mol. The van der Waals surface area contributed by atoms with Crippen LogP contribution in [0.2, 0.25) is 0 Å². The molecule has 0 saturated heterocycles. The van der Waals surface area contributed by atoms with Crippen molar-refractivity contribution in [2.24, 2.45) is 5.73 Å². The Labute approximate surface area is 115 Å². The summed E-state index contributed by atoms with van der Waals surface area (Å²) >= 11 is 1.57. The van der Waals surface area contributed by atoms with Crippen LogP contribution in [0.3, 0.4) is 0 Å². The predicted octanol–water partition coefficient (Wildman–Crippen LogP) is 2.88. The first-order valence-electron chi connectivity index (χ1n) is 5.62. The molecule has 5 heteroatoms. The van der Waals surface area contributed by atoms with E-state index in [1.165, 1.54) is 0 Å². The van der Waals surface area contributed by atoms with E-state index in [9.17, 15) is 4.79 Å². The summed E-state index contributed by atoms with van der Waals surface area (Å²) in [6.45, 7) is 0. The molecule has 0 atom stereocenters. The minimum absolute atomic E-state index is 0.367. The van der Waals surface area contributed by atoms with Crippen LogP contribution in [0.4, 0.5) is 5.69 Å². The second-order valence-corrected chi connectivity index (χ2v) is 4.72. The lowest BCUT2D eigenvalue weighted by molar-refractivity contribution is 0.1000. The fourth-order valence-corrected chi connectivity index (χ4v) is 2.12. The number of carbonyl (C=O) groups is 1. The lowest BCUT2D eigenvalue weighted by atomic mass is 10.2. The summed E-state index contributed by atoms with van der Waals surface area (Å²) in [5.74, 6) is 0.615. The fourth-order valence-electron chi connectivity index (χ4n) is 1.60. The van der Waals surface area contributed by atoms with E-state index in [0.717, 1.165) is 4.90 Å². The molecule has 2 aromatic rings. The van der Waals surface area contributed by atoms with E-state index in [-0.39, 0.29) is 0 Å². The molecule has 4 N–H and O–H groups in total. The Morgan fingerprint density at radius 2 is 1.89 bits per heavy atom. The van der Waals surface area contributed by atoms with Crippen molar-refractivity contribution >= 4 is 23.4 Å². The molecule has 0 heterocycles. The average Bonchev–Trinajstić information content (AvgIpc) is 2.41. The summed E-state index contributed by atoms with van der Waals surface area (Å²) in [5, 5.41) is 0. The highest BCUT2D eigenvalue weighted by molar-refractivity contribution is 7.98. The number of amides is 1. The van der Waals surface area contributed by atoms with Crippen molar-refractivity contribution in [1.29, 1.82) is 0 Å². The minimum Gasteiger partial charge on any atom is -0.454 e. The van der Waals surface area contributed by atoms with Crippen LogP contribution < -0.4 is 16.2 Å². The van der Waals surface area contributed by atoms with Gasteiger partial charge in [0.25, 0.3) is 0 Å². The molecule has 2 aromatic carbocycles. The van der Waals surface area contributed by atoms with Crippen molar-refractivity contribution in [1.82, 2.24) is 0 Å². The predicted molar refractivity (Wildman–Crippen MR) is 77.7 cm³/mol. The molecule has 0 aliphatic rings. The van der Waals surface area contributed by atoms with Crippen molar-refractivity contribution in [3.8, 4) is 11.5 Å². The zero-order chi connectivity index (χ0) is 13.8. The van der Waals surface area contributed by atoms with Gasteiger partial charge in [-0.25, -0.2) is 0 Å². The van der Waals surface area contributed by atoms with Crippen molar-refractivity contribution in [2.75, 3.05) is 12.0 Å². The lowest BCUT2D eigenvalue weighted by Gasteiger charge is -2.12. The minimum atomic E-state index is -0.511. The molecule has 19 heavy (non-hydrogen) atoms. The maximum atomic E-state index is 11.2. The monoisotopic (exact) mass is 274 g/mol. The van der Waals surface area contributed by atoms with Crippen molar-refractivity contribution in [3.63, 3.8) is 0 Å². The van der Waals surface area contributed by atoms with Gasteiger partial charge in [-0.05, 0) is 36.6 Å². The molecule has 0 aromatic heterocycles. The number of nitrogen functional groups attached to an aromatic ring is 1. The first kappa shape index (κ1) is 13.3. The molecule has 4 nitrogen and oxygen atoms in total. The molecule has 0 unspecified atom stereocenters. The summed E-state index contributed by atoms with van der Waals surface area (Å²) in [6, 6.07) is 12.3. The van der Waals surface area contributed by atoms with Crippen LogP contribution in [0.15, 0.2) is 47.4 Å². The fraction of sp³-hybridized carbons (Fsp3) is 0.0714. The van der Waals surface area contributed by atoms with Gasteiger partial charge in [-0.2, -0.15) is 0 Å². The second kappa shape index (κ2) is 5.67. The average molecular weight is 274 g/mol. The van der Waals surface area contributed by atoms with E-state index in [1.54, 1.807) is 30.0 Å². The summed E-state index contributed by atoms with van der Waals surface area (Å²) in [5.41, 5.74) is 11.9. The van der Waals surface area contributed by atoms with Gasteiger partial charge >= 0.3 is 0 Å². The Kier molecular flexibility index (Phi) is 3.97. The highest BCUT2D eigenvalue weighted by atomic mass is 32.2. The molecule has 2 rings (SSSR count). The Balaban J connectivity index is 2.37. The number of ether oxygens (including phenoxy) is 1.